The van der Waals surface area contributed by atoms with E-state index in [-0.39, 0.29) is 29.8 Å². The zero-order valence-electron chi connectivity index (χ0n) is 7.50. The van der Waals surface area contributed by atoms with E-state index in [1.807, 2.05) is 6.92 Å². The number of carbonyl (C=O) groups excluding carboxylic acids is 1. The standard InChI is InChI=1S/C8H15NO2.ClH/c1-8(7(10)11-2)4-3-6(9)5-8;/h6H,3-5,9H2,1-2H3;1H/t6-,8-;/m0./s1. The average molecular weight is 194 g/mol. The molecule has 72 valence electrons. The maximum absolute atomic E-state index is 11.2. The number of hydrogen-bond donors (Lipinski definition) is 1. The second-order valence-corrected chi connectivity index (χ2v) is 3.56. The Labute approximate surface area is 79.1 Å². The summed E-state index contributed by atoms with van der Waals surface area (Å²) in [6, 6.07) is 0.180. The molecular formula is C8H16ClNO2. The lowest BCUT2D eigenvalue weighted by molar-refractivity contribution is -0.151. The van der Waals surface area contributed by atoms with Gasteiger partial charge in [-0.1, -0.05) is 0 Å². The van der Waals surface area contributed by atoms with E-state index in [2.05, 4.69) is 0 Å². The molecule has 3 nitrogen and oxygen atoms in total. The SMILES string of the molecule is COC(=O)[C@@]1(C)CC[C@H](N)C1.Cl. The molecule has 12 heavy (non-hydrogen) atoms. The lowest BCUT2D eigenvalue weighted by Gasteiger charge is -2.19. The van der Waals surface area contributed by atoms with Crippen LogP contribution in [0.3, 0.4) is 0 Å². The van der Waals surface area contributed by atoms with Gasteiger partial charge in [-0.3, -0.25) is 4.79 Å². The molecule has 0 unspecified atom stereocenters. The van der Waals surface area contributed by atoms with Crippen LogP contribution in [0.1, 0.15) is 26.2 Å². The highest BCUT2D eigenvalue weighted by atomic mass is 35.5. The van der Waals surface area contributed by atoms with Crippen molar-refractivity contribution in [1.82, 2.24) is 0 Å². The van der Waals surface area contributed by atoms with E-state index in [0.29, 0.717) is 0 Å². The zero-order chi connectivity index (χ0) is 8.48. The van der Waals surface area contributed by atoms with Crippen molar-refractivity contribution >= 4 is 18.4 Å². The number of hydrogen-bond acceptors (Lipinski definition) is 3. The molecule has 0 bridgehead atoms. The highest BCUT2D eigenvalue weighted by Gasteiger charge is 2.40. The van der Waals surface area contributed by atoms with Crippen molar-refractivity contribution in [2.75, 3.05) is 7.11 Å². The largest absolute Gasteiger partial charge is 0.469 e. The molecule has 2 N–H and O–H groups in total. The predicted octanol–water partition coefficient (Wildman–Crippen LogP) is 1.10. The van der Waals surface area contributed by atoms with E-state index in [0.717, 1.165) is 19.3 Å². The van der Waals surface area contributed by atoms with Gasteiger partial charge in [0.25, 0.3) is 0 Å². The van der Waals surface area contributed by atoms with Gasteiger partial charge in [0.15, 0.2) is 0 Å². The summed E-state index contributed by atoms with van der Waals surface area (Å²) >= 11 is 0. The fraction of sp³-hybridized carbons (Fsp3) is 0.875. The van der Waals surface area contributed by atoms with Gasteiger partial charge in [-0.05, 0) is 26.2 Å². The first kappa shape index (κ1) is 11.7. The minimum absolute atomic E-state index is 0. The zero-order valence-corrected chi connectivity index (χ0v) is 8.32. The van der Waals surface area contributed by atoms with Crippen LogP contribution >= 0.6 is 12.4 Å². The fourth-order valence-electron chi connectivity index (χ4n) is 1.72. The Morgan fingerprint density at radius 1 is 1.67 bits per heavy atom. The molecule has 1 aliphatic rings. The molecule has 0 aromatic heterocycles. The molecule has 1 aliphatic carbocycles. The first-order valence-corrected chi connectivity index (χ1v) is 3.92. The molecule has 0 aromatic rings. The van der Waals surface area contributed by atoms with Crippen LogP contribution in [0.15, 0.2) is 0 Å². The van der Waals surface area contributed by atoms with Crippen LogP contribution in [-0.4, -0.2) is 19.1 Å². The van der Waals surface area contributed by atoms with Gasteiger partial charge in [-0.15, -0.1) is 12.4 Å². The normalized spacial score (nSPS) is 34.1. The molecule has 0 heterocycles. The van der Waals surface area contributed by atoms with Gasteiger partial charge in [0.1, 0.15) is 0 Å². The second-order valence-electron chi connectivity index (χ2n) is 3.56. The number of halogens is 1. The van der Waals surface area contributed by atoms with Crippen molar-refractivity contribution in [3.8, 4) is 0 Å². The van der Waals surface area contributed by atoms with Gasteiger partial charge < -0.3 is 10.5 Å². The predicted molar refractivity (Wildman–Crippen MR) is 49.2 cm³/mol. The highest BCUT2D eigenvalue weighted by molar-refractivity contribution is 5.85. The summed E-state index contributed by atoms with van der Waals surface area (Å²) in [6.07, 6.45) is 2.56. The summed E-state index contributed by atoms with van der Waals surface area (Å²) < 4.78 is 4.69. The van der Waals surface area contributed by atoms with Crippen LogP contribution in [-0.2, 0) is 9.53 Å². The van der Waals surface area contributed by atoms with E-state index in [4.69, 9.17) is 10.5 Å². The summed E-state index contributed by atoms with van der Waals surface area (Å²) in [5, 5.41) is 0. The highest BCUT2D eigenvalue weighted by Crippen LogP contribution is 2.37. The molecule has 4 heteroatoms. The van der Waals surface area contributed by atoms with Crippen molar-refractivity contribution in [1.29, 1.82) is 0 Å². The molecule has 1 saturated carbocycles. The Kier molecular flexibility index (Phi) is 4.00. The van der Waals surface area contributed by atoms with E-state index < -0.39 is 0 Å². The number of nitrogens with two attached hydrogens (primary N) is 1. The van der Waals surface area contributed by atoms with Crippen molar-refractivity contribution in [3.63, 3.8) is 0 Å². The molecule has 0 spiro atoms. The Morgan fingerprint density at radius 2 is 2.25 bits per heavy atom. The van der Waals surface area contributed by atoms with Gasteiger partial charge in [0.05, 0.1) is 12.5 Å². The van der Waals surface area contributed by atoms with Crippen LogP contribution in [0.2, 0.25) is 0 Å². The average Bonchev–Trinajstić information content (AvgIpc) is 2.31. The molecule has 2 atom stereocenters. The maximum atomic E-state index is 11.2. The smallest absolute Gasteiger partial charge is 0.311 e. The maximum Gasteiger partial charge on any atom is 0.311 e. The Bertz CT molecular complexity index is 174. The number of ether oxygens (including phenoxy) is 1. The lowest BCUT2D eigenvalue weighted by atomic mass is 9.89. The van der Waals surface area contributed by atoms with Gasteiger partial charge in [-0.25, -0.2) is 0 Å². The third kappa shape index (κ3) is 2.11. The molecule has 0 radical (unpaired) electrons. The monoisotopic (exact) mass is 193 g/mol. The topological polar surface area (TPSA) is 52.3 Å². The Morgan fingerprint density at radius 3 is 2.58 bits per heavy atom. The summed E-state index contributed by atoms with van der Waals surface area (Å²) in [6.45, 7) is 1.92. The minimum atomic E-state index is -0.311. The van der Waals surface area contributed by atoms with Crippen LogP contribution in [0.5, 0.6) is 0 Å². The molecule has 0 amide bonds. The Hall–Kier alpha value is -0.280. The van der Waals surface area contributed by atoms with Crippen LogP contribution < -0.4 is 5.73 Å². The van der Waals surface area contributed by atoms with Gasteiger partial charge in [0.2, 0.25) is 0 Å². The van der Waals surface area contributed by atoms with Crippen LogP contribution in [0.25, 0.3) is 0 Å². The van der Waals surface area contributed by atoms with Gasteiger partial charge in [-0.2, -0.15) is 0 Å². The van der Waals surface area contributed by atoms with E-state index >= 15 is 0 Å². The van der Waals surface area contributed by atoms with E-state index in [1.54, 1.807) is 0 Å². The third-order valence-electron chi connectivity index (χ3n) is 2.46. The van der Waals surface area contributed by atoms with Crippen molar-refractivity contribution < 1.29 is 9.53 Å². The molecular weight excluding hydrogens is 178 g/mol. The van der Waals surface area contributed by atoms with Crippen LogP contribution in [0.4, 0.5) is 0 Å². The number of carbonyl (C=O) groups is 1. The van der Waals surface area contributed by atoms with Crippen molar-refractivity contribution in [2.45, 2.75) is 32.2 Å². The number of esters is 1. The Balaban J connectivity index is 0.00000121. The molecule has 1 fully saturated rings. The van der Waals surface area contributed by atoms with Gasteiger partial charge >= 0.3 is 5.97 Å². The first-order chi connectivity index (χ1) is 5.08. The van der Waals surface area contributed by atoms with E-state index in [1.165, 1.54) is 7.11 Å². The molecule has 1 rings (SSSR count). The minimum Gasteiger partial charge on any atom is -0.469 e. The quantitative estimate of drug-likeness (QED) is 0.635. The summed E-state index contributed by atoms with van der Waals surface area (Å²) in [5.41, 5.74) is 5.38. The van der Waals surface area contributed by atoms with Crippen molar-refractivity contribution in [3.05, 3.63) is 0 Å². The first-order valence-electron chi connectivity index (χ1n) is 3.92. The summed E-state index contributed by atoms with van der Waals surface area (Å²) in [4.78, 5) is 11.2. The second kappa shape index (κ2) is 4.10. The molecule has 0 aromatic carbocycles. The third-order valence-corrected chi connectivity index (χ3v) is 2.46. The summed E-state index contributed by atoms with van der Waals surface area (Å²) in [7, 11) is 1.43. The summed E-state index contributed by atoms with van der Waals surface area (Å²) in [5.74, 6) is -0.120. The fourth-order valence-corrected chi connectivity index (χ4v) is 1.72. The molecule has 0 saturated heterocycles. The number of methoxy groups -OCH3 is 1. The lowest BCUT2D eigenvalue weighted by Crippen LogP contribution is -2.28. The van der Waals surface area contributed by atoms with Crippen LogP contribution in [0, 0.1) is 5.41 Å². The molecule has 0 aliphatic heterocycles. The van der Waals surface area contributed by atoms with Crippen molar-refractivity contribution in [2.24, 2.45) is 11.1 Å². The van der Waals surface area contributed by atoms with Gasteiger partial charge in [0, 0.05) is 6.04 Å². The number of rotatable bonds is 1. The van der Waals surface area contributed by atoms with E-state index in [9.17, 15) is 4.79 Å².